The number of aliphatic hydroxyl groups excluding tert-OH is 1. The van der Waals surface area contributed by atoms with Gasteiger partial charge in [-0.3, -0.25) is 0 Å². The molecule has 0 aliphatic rings. The lowest BCUT2D eigenvalue weighted by atomic mass is 10.2. The minimum absolute atomic E-state index is 0.316. The minimum Gasteiger partial charge on any atom is -0.423 e. The summed E-state index contributed by atoms with van der Waals surface area (Å²) in [5.41, 5.74) is 0.280. The fraction of sp³-hybridized carbons (Fsp3) is 0.364. The van der Waals surface area contributed by atoms with E-state index in [0.29, 0.717) is 17.7 Å². The number of aryl methyl sites for hydroxylation is 1. The van der Waals surface area contributed by atoms with E-state index in [-0.39, 0.29) is 11.7 Å². The summed E-state index contributed by atoms with van der Waals surface area (Å²) in [5, 5.41) is 8.99. The second kappa shape index (κ2) is 4.77. The molecule has 0 fully saturated rings. The molecular formula is C11H14O3. The average Bonchev–Trinajstić information content (AvgIpc) is 2.10. The molecule has 0 aliphatic heterocycles. The van der Waals surface area contributed by atoms with E-state index >= 15 is 0 Å². The van der Waals surface area contributed by atoms with Crippen molar-refractivity contribution in [2.75, 3.05) is 0 Å². The fourth-order valence-corrected chi connectivity index (χ4v) is 0.967. The Morgan fingerprint density at radius 1 is 1.57 bits per heavy atom. The fourth-order valence-electron chi connectivity index (χ4n) is 0.967. The molecular weight excluding hydrogens is 180 g/mol. The molecule has 0 saturated carbocycles. The Hall–Kier alpha value is -1.35. The third-order valence-corrected chi connectivity index (χ3v) is 1.79. The molecule has 0 bridgehead atoms. The zero-order valence-electron chi connectivity index (χ0n) is 8.36. The molecule has 3 heteroatoms. The largest absolute Gasteiger partial charge is 0.423 e. The zero-order valence-corrected chi connectivity index (χ0v) is 8.36. The monoisotopic (exact) mass is 194 g/mol. The van der Waals surface area contributed by atoms with Crippen LogP contribution in [-0.2, 0) is 0 Å². The maximum absolute atomic E-state index is 11.1. The van der Waals surface area contributed by atoms with Crippen LogP contribution in [0.25, 0.3) is 6.08 Å². The predicted molar refractivity (Wildman–Crippen MR) is 55.0 cm³/mol. The van der Waals surface area contributed by atoms with Gasteiger partial charge in [0.25, 0.3) is 0 Å². The standard InChI is InChI=1S/C11H14O3/c1-8-6-7-10(14-11(8)13)5-3-4-9(2)12/h3,5-7,9,12H,4H2,1-2H3. The van der Waals surface area contributed by atoms with Crippen molar-refractivity contribution in [3.8, 4) is 0 Å². The Morgan fingerprint density at radius 2 is 2.29 bits per heavy atom. The second-order valence-electron chi connectivity index (χ2n) is 3.30. The highest BCUT2D eigenvalue weighted by Gasteiger charge is 1.96. The van der Waals surface area contributed by atoms with E-state index < -0.39 is 0 Å². The van der Waals surface area contributed by atoms with Crippen molar-refractivity contribution in [2.24, 2.45) is 0 Å². The van der Waals surface area contributed by atoms with Crippen molar-refractivity contribution in [1.82, 2.24) is 0 Å². The molecule has 0 radical (unpaired) electrons. The third-order valence-electron chi connectivity index (χ3n) is 1.79. The molecule has 1 rings (SSSR count). The average molecular weight is 194 g/mol. The van der Waals surface area contributed by atoms with Crippen molar-refractivity contribution in [3.63, 3.8) is 0 Å². The first-order valence-corrected chi connectivity index (χ1v) is 4.55. The van der Waals surface area contributed by atoms with E-state index in [1.54, 1.807) is 38.1 Å². The quantitative estimate of drug-likeness (QED) is 0.797. The summed E-state index contributed by atoms with van der Waals surface area (Å²) in [5.74, 6) is 0.515. The van der Waals surface area contributed by atoms with Crippen LogP contribution in [0.15, 0.2) is 27.4 Å². The number of hydrogen-bond donors (Lipinski definition) is 1. The van der Waals surface area contributed by atoms with Crippen molar-refractivity contribution in [1.29, 1.82) is 0 Å². The van der Waals surface area contributed by atoms with Crippen LogP contribution < -0.4 is 5.63 Å². The van der Waals surface area contributed by atoms with E-state index in [4.69, 9.17) is 9.52 Å². The molecule has 76 valence electrons. The Bertz CT molecular complexity index is 374. The molecule has 14 heavy (non-hydrogen) atoms. The minimum atomic E-state index is -0.372. The lowest BCUT2D eigenvalue weighted by Gasteiger charge is -1.96. The molecule has 0 saturated heterocycles. The van der Waals surface area contributed by atoms with Crippen molar-refractivity contribution >= 4 is 6.08 Å². The summed E-state index contributed by atoms with van der Waals surface area (Å²) in [4.78, 5) is 11.1. The number of rotatable bonds is 3. The predicted octanol–water partition coefficient (Wildman–Crippen LogP) is 1.73. The Balaban J connectivity index is 2.73. The summed E-state index contributed by atoms with van der Waals surface area (Å²) in [6, 6.07) is 3.45. The van der Waals surface area contributed by atoms with Gasteiger partial charge in [0, 0.05) is 5.56 Å². The maximum atomic E-state index is 11.1. The van der Waals surface area contributed by atoms with Crippen molar-refractivity contribution in [2.45, 2.75) is 26.4 Å². The molecule has 0 aromatic carbocycles. The summed E-state index contributed by atoms with van der Waals surface area (Å²) < 4.78 is 4.97. The van der Waals surface area contributed by atoms with Crippen LogP contribution in [-0.4, -0.2) is 11.2 Å². The van der Waals surface area contributed by atoms with Crippen LogP contribution >= 0.6 is 0 Å². The first kappa shape index (κ1) is 10.7. The van der Waals surface area contributed by atoms with Crippen LogP contribution in [0.3, 0.4) is 0 Å². The molecule has 1 aromatic rings. The number of hydrogen-bond acceptors (Lipinski definition) is 3. The van der Waals surface area contributed by atoms with Gasteiger partial charge in [-0.25, -0.2) is 4.79 Å². The SMILES string of the molecule is Cc1ccc(C=CCC(C)O)oc1=O. The summed E-state index contributed by atoms with van der Waals surface area (Å²) in [6.45, 7) is 3.41. The van der Waals surface area contributed by atoms with Crippen LogP contribution in [0, 0.1) is 6.92 Å². The molecule has 0 aliphatic carbocycles. The molecule has 0 spiro atoms. The van der Waals surface area contributed by atoms with Crippen LogP contribution in [0.5, 0.6) is 0 Å². The first-order chi connectivity index (χ1) is 6.59. The summed E-state index contributed by atoms with van der Waals surface area (Å²) >= 11 is 0. The van der Waals surface area contributed by atoms with Crippen molar-refractivity contribution in [3.05, 3.63) is 40.0 Å². The normalized spacial score (nSPS) is 13.4. The van der Waals surface area contributed by atoms with Gasteiger partial charge >= 0.3 is 5.63 Å². The van der Waals surface area contributed by atoms with Crippen LogP contribution in [0.2, 0.25) is 0 Å². The van der Waals surface area contributed by atoms with Crippen LogP contribution in [0.1, 0.15) is 24.7 Å². The van der Waals surface area contributed by atoms with Gasteiger partial charge in [-0.2, -0.15) is 0 Å². The van der Waals surface area contributed by atoms with Gasteiger partial charge in [0.15, 0.2) is 0 Å². The summed E-state index contributed by atoms with van der Waals surface area (Å²) in [7, 11) is 0. The van der Waals surface area contributed by atoms with Gasteiger partial charge in [-0.15, -0.1) is 0 Å². The highest BCUT2D eigenvalue weighted by atomic mass is 16.4. The van der Waals surface area contributed by atoms with Crippen LogP contribution in [0.4, 0.5) is 0 Å². The smallest absolute Gasteiger partial charge is 0.339 e. The Morgan fingerprint density at radius 3 is 2.86 bits per heavy atom. The van der Waals surface area contributed by atoms with E-state index in [0.717, 1.165) is 0 Å². The topological polar surface area (TPSA) is 50.4 Å². The Labute approximate surface area is 82.7 Å². The van der Waals surface area contributed by atoms with Gasteiger partial charge in [0.2, 0.25) is 0 Å². The van der Waals surface area contributed by atoms with Gasteiger partial charge in [0.05, 0.1) is 6.10 Å². The molecule has 1 N–H and O–H groups in total. The second-order valence-corrected chi connectivity index (χ2v) is 3.30. The van der Waals surface area contributed by atoms with Crippen molar-refractivity contribution < 1.29 is 9.52 Å². The molecule has 1 unspecified atom stereocenters. The molecule has 3 nitrogen and oxygen atoms in total. The zero-order chi connectivity index (χ0) is 10.6. The summed E-state index contributed by atoms with van der Waals surface area (Å²) in [6.07, 6.45) is 3.65. The van der Waals surface area contributed by atoms with Gasteiger partial charge in [-0.05, 0) is 38.5 Å². The molecule has 1 atom stereocenters. The highest BCUT2D eigenvalue weighted by molar-refractivity contribution is 5.42. The first-order valence-electron chi connectivity index (χ1n) is 4.55. The third kappa shape index (κ3) is 3.18. The van der Waals surface area contributed by atoms with Gasteiger partial charge < -0.3 is 9.52 Å². The lowest BCUT2D eigenvalue weighted by Crippen LogP contribution is -2.02. The van der Waals surface area contributed by atoms with E-state index in [1.807, 2.05) is 0 Å². The molecule has 1 aromatic heterocycles. The molecule has 0 amide bonds. The van der Waals surface area contributed by atoms with Gasteiger partial charge in [0.1, 0.15) is 5.76 Å². The Kier molecular flexibility index (Phi) is 3.65. The van der Waals surface area contributed by atoms with E-state index in [9.17, 15) is 4.79 Å². The molecule has 1 heterocycles. The highest BCUT2D eigenvalue weighted by Crippen LogP contribution is 2.02. The van der Waals surface area contributed by atoms with Gasteiger partial charge in [-0.1, -0.05) is 6.08 Å². The van der Waals surface area contributed by atoms with E-state index in [2.05, 4.69) is 0 Å². The number of aliphatic hydroxyl groups is 1. The maximum Gasteiger partial charge on any atom is 0.339 e. The van der Waals surface area contributed by atoms with E-state index in [1.165, 1.54) is 0 Å². The lowest BCUT2D eigenvalue weighted by molar-refractivity contribution is 0.198.